The minimum atomic E-state index is -0.242. The SMILES string of the molecule is Cc1n[nH]c(C)c1N1CCN(C(=O)c2cc(=O)c3ccccc3o2)CC1. The van der Waals surface area contributed by atoms with Crippen LogP contribution < -0.4 is 10.3 Å². The Kier molecular flexibility index (Phi) is 3.99. The Morgan fingerprint density at radius 2 is 1.88 bits per heavy atom. The summed E-state index contributed by atoms with van der Waals surface area (Å²) in [7, 11) is 0. The lowest BCUT2D eigenvalue weighted by Gasteiger charge is -2.35. The first-order valence-corrected chi connectivity index (χ1v) is 8.63. The van der Waals surface area contributed by atoms with E-state index in [0.717, 1.165) is 17.1 Å². The summed E-state index contributed by atoms with van der Waals surface area (Å²) in [4.78, 5) is 29.0. The zero-order valence-electron chi connectivity index (χ0n) is 14.8. The van der Waals surface area contributed by atoms with Gasteiger partial charge in [-0.1, -0.05) is 12.1 Å². The third-order valence-corrected chi connectivity index (χ3v) is 4.82. The molecule has 3 aromatic rings. The molecule has 3 heterocycles. The highest BCUT2D eigenvalue weighted by atomic mass is 16.3. The average molecular weight is 352 g/mol. The number of H-pyrrole nitrogens is 1. The molecule has 0 saturated carbocycles. The van der Waals surface area contributed by atoms with Gasteiger partial charge in [-0.05, 0) is 26.0 Å². The molecule has 134 valence electrons. The topological polar surface area (TPSA) is 82.4 Å². The standard InChI is InChI=1S/C19H20N4O3/c1-12-18(13(2)21-20-12)22-7-9-23(10-8-22)19(25)17-11-15(24)14-5-3-4-6-16(14)26-17/h3-6,11H,7-10H2,1-2H3,(H,20,21). The summed E-state index contributed by atoms with van der Waals surface area (Å²) in [5.41, 5.74) is 3.34. The number of anilines is 1. The van der Waals surface area contributed by atoms with E-state index in [1.165, 1.54) is 6.07 Å². The molecule has 1 aliphatic heterocycles. The number of hydrogen-bond acceptors (Lipinski definition) is 5. The molecule has 1 fully saturated rings. The fourth-order valence-electron chi connectivity index (χ4n) is 3.51. The Bertz CT molecular complexity index is 1010. The van der Waals surface area contributed by atoms with Crippen LogP contribution in [0.3, 0.4) is 0 Å². The van der Waals surface area contributed by atoms with Crippen LogP contribution in [0.25, 0.3) is 11.0 Å². The highest BCUT2D eigenvalue weighted by Crippen LogP contribution is 2.24. The first kappa shape index (κ1) is 16.4. The first-order chi connectivity index (χ1) is 12.5. The quantitative estimate of drug-likeness (QED) is 0.764. The van der Waals surface area contributed by atoms with Crippen LogP contribution in [-0.4, -0.2) is 47.2 Å². The molecule has 7 heteroatoms. The highest BCUT2D eigenvalue weighted by molar-refractivity contribution is 5.93. The second kappa shape index (κ2) is 6.33. The van der Waals surface area contributed by atoms with Crippen molar-refractivity contribution < 1.29 is 9.21 Å². The Labute approximate surface area is 150 Å². The van der Waals surface area contributed by atoms with Gasteiger partial charge in [-0.3, -0.25) is 14.7 Å². The number of nitrogens with zero attached hydrogens (tertiary/aromatic N) is 3. The van der Waals surface area contributed by atoms with Crippen LogP contribution in [0.2, 0.25) is 0 Å². The van der Waals surface area contributed by atoms with Crippen molar-refractivity contribution in [3.05, 3.63) is 57.7 Å². The largest absolute Gasteiger partial charge is 0.451 e. The molecule has 26 heavy (non-hydrogen) atoms. The van der Waals surface area contributed by atoms with Crippen molar-refractivity contribution in [2.45, 2.75) is 13.8 Å². The number of benzene rings is 1. The van der Waals surface area contributed by atoms with Gasteiger partial charge in [0.25, 0.3) is 5.91 Å². The summed E-state index contributed by atoms with van der Waals surface area (Å²) < 4.78 is 5.68. The number of para-hydroxylation sites is 1. The second-order valence-electron chi connectivity index (χ2n) is 6.53. The minimum Gasteiger partial charge on any atom is -0.451 e. The summed E-state index contributed by atoms with van der Waals surface area (Å²) in [6, 6.07) is 8.26. The predicted octanol–water partition coefficient (Wildman–Crippen LogP) is 2.10. The highest BCUT2D eigenvalue weighted by Gasteiger charge is 2.26. The van der Waals surface area contributed by atoms with Crippen molar-refractivity contribution in [1.29, 1.82) is 0 Å². The molecule has 0 atom stereocenters. The number of amides is 1. The van der Waals surface area contributed by atoms with Crippen LogP contribution in [0.4, 0.5) is 5.69 Å². The van der Waals surface area contributed by atoms with Crippen LogP contribution in [0.1, 0.15) is 21.9 Å². The molecule has 1 aromatic carbocycles. The average Bonchev–Trinajstić information content (AvgIpc) is 2.99. The van der Waals surface area contributed by atoms with Gasteiger partial charge in [0.05, 0.1) is 22.5 Å². The van der Waals surface area contributed by atoms with E-state index in [-0.39, 0.29) is 17.1 Å². The maximum Gasteiger partial charge on any atom is 0.289 e. The third-order valence-electron chi connectivity index (χ3n) is 4.82. The van der Waals surface area contributed by atoms with E-state index < -0.39 is 0 Å². The van der Waals surface area contributed by atoms with Crippen molar-refractivity contribution in [3.63, 3.8) is 0 Å². The van der Waals surface area contributed by atoms with Crippen LogP contribution in [0.5, 0.6) is 0 Å². The van der Waals surface area contributed by atoms with E-state index in [1.54, 1.807) is 29.2 Å². The molecular weight excluding hydrogens is 332 g/mol. The lowest BCUT2D eigenvalue weighted by Crippen LogP contribution is -2.49. The van der Waals surface area contributed by atoms with Gasteiger partial charge in [0.2, 0.25) is 0 Å². The summed E-state index contributed by atoms with van der Waals surface area (Å²) >= 11 is 0. The van der Waals surface area contributed by atoms with Gasteiger partial charge in [0.1, 0.15) is 5.58 Å². The third kappa shape index (κ3) is 2.75. The van der Waals surface area contributed by atoms with Crippen LogP contribution >= 0.6 is 0 Å². The fourth-order valence-corrected chi connectivity index (χ4v) is 3.51. The Morgan fingerprint density at radius 3 is 2.58 bits per heavy atom. The number of aromatic nitrogens is 2. The smallest absolute Gasteiger partial charge is 0.289 e. The van der Waals surface area contributed by atoms with E-state index in [0.29, 0.717) is 37.1 Å². The van der Waals surface area contributed by atoms with E-state index in [2.05, 4.69) is 15.1 Å². The monoisotopic (exact) mass is 352 g/mol. The molecule has 0 spiro atoms. The summed E-state index contributed by atoms with van der Waals surface area (Å²) in [5, 5.41) is 7.72. The molecule has 4 rings (SSSR count). The molecule has 1 amide bonds. The Morgan fingerprint density at radius 1 is 1.15 bits per heavy atom. The van der Waals surface area contributed by atoms with Gasteiger partial charge in [-0.15, -0.1) is 0 Å². The van der Waals surface area contributed by atoms with Gasteiger partial charge in [-0.2, -0.15) is 5.10 Å². The summed E-state index contributed by atoms with van der Waals surface area (Å²) in [6.45, 7) is 6.53. The summed E-state index contributed by atoms with van der Waals surface area (Å²) in [5.74, 6) is -0.147. The van der Waals surface area contributed by atoms with Gasteiger partial charge in [0.15, 0.2) is 11.2 Å². The first-order valence-electron chi connectivity index (χ1n) is 8.63. The Balaban J connectivity index is 1.53. The van der Waals surface area contributed by atoms with E-state index in [9.17, 15) is 9.59 Å². The number of aryl methyl sites for hydroxylation is 2. The van der Waals surface area contributed by atoms with Crippen molar-refractivity contribution in [2.75, 3.05) is 31.1 Å². The summed E-state index contributed by atoms with van der Waals surface area (Å²) in [6.07, 6.45) is 0. The van der Waals surface area contributed by atoms with Gasteiger partial charge in [0, 0.05) is 32.2 Å². The number of piperazine rings is 1. The molecular formula is C19H20N4O3. The number of carbonyl (C=O) groups excluding carboxylic acids is 1. The lowest BCUT2D eigenvalue weighted by atomic mass is 10.2. The maximum absolute atomic E-state index is 12.8. The maximum atomic E-state index is 12.8. The van der Waals surface area contributed by atoms with Gasteiger partial charge >= 0.3 is 0 Å². The van der Waals surface area contributed by atoms with Gasteiger partial charge in [-0.25, -0.2) is 0 Å². The van der Waals surface area contributed by atoms with E-state index in [1.807, 2.05) is 13.8 Å². The predicted molar refractivity (Wildman–Crippen MR) is 98.7 cm³/mol. The number of aromatic amines is 1. The van der Waals surface area contributed by atoms with Crippen molar-refractivity contribution in [3.8, 4) is 0 Å². The van der Waals surface area contributed by atoms with Gasteiger partial charge < -0.3 is 14.2 Å². The van der Waals surface area contributed by atoms with Crippen molar-refractivity contribution in [1.82, 2.24) is 15.1 Å². The zero-order chi connectivity index (χ0) is 18.3. The number of carbonyl (C=O) groups is 1. The second-order valence-corrected chi connectivity index (χ2v) is 6.53. The minimum absolute atomic E-state index is 0.0952. The number of nitrogens with one attached hydrogen (secondary N) is 1. The molecule has 1 N–H and O–H groups in total. The molecule has 7 nitrogen and oxygen atoms in total. The van der Waals surface area contributed by atoms with Crippen LogP contribution in [-0.2, 0) is 0 Å². The normalized spacial score (nSPS) is 14.8. The molecule has 2 aromatic heterocycles. The van der Waals surface area contributed by atoms with E-state index in [4.69, 9.17) is 4.42 Å². The van der Waals surface area contributed by atoms with Crippen LogP contribution in [0.15, 0.2) is 39.5 Å². The molecule has 1 saturated heterocycles. The van der Waals surface area contributed by atoms with Crippen LogP contribution in [0, 0.1) is 13.8 Å². The molecule has 0 bridgehead atoms. The number of rotatable bonds is 2. The Hall–Kier alpha value is -3.09. The molecule has 0 radical (unpaired) electrons. The van der Waals surface area contributed by atoms with E-state index >= 15 is 0 Å². The zero-order valence-corrected chi connectivity index (χ0v) is 14.8. The molecule has 1 aliphatic rings. The lowest BCUT2D eigenvalue weighted by molar-refractivity contribution is 0.0715. The molecule has 0 aliphatic carbocycles. The molecule has 0 unspecified atom stereocenters. The number of fused-ring (bicyclic) bond motifs is 1. The van der Waals surface area contributed by atoms with Crippen molar-refractivity contribution >= 4 is 22.6 Å². The number of hydrogen-bond donors (Lipinski definition) is 1. The van der Waals surface area contributed by atoms with Crippen molar-refractivity contribution in [2.24, 2.45) is 0 Å². The fraction of sp³-hybridized carbons (Fsp3) is 0.316.